The monoisotopic (exact) mass is 375 g/mol. The van der Waals surface area contributed by atoms with Crippen LogP contribution < -0.4 is 11.2 Å². The van der Waals surface area contributed by atoms with Gasteiger partial charge in [-0.15, -0.1) is 0 Å². The zero-order valence-corrected chi connectivity index (χ0v) is 15.1. The second kappa shape index (κ2) is 6.77. The number of nitrogens with zero attached hydrogens (tertiary/aromatic N) is 2. The van der Waals surface area contributed by atoms with Crippen LogP contribution in [0.1, 0.15) is 26.3 Å². The number of imide groups is 1. The summed E-state index contributed by atoms with van der Waals surface area (Å²) >= 11 is 0. The Kier molecular flexibility index (Phi) is 4.27. The van der Waals surface area contributed by atoms with Gasteiger partial charge in [-0.1, -0.05) is 36.4 Å². The van der Waals surface area contributed by atoms with Gasteiger partial charge in [-0.05, 0) is 24.4 Å². The van der Waals surface area contributed by atoms with Crippen molar-refractivity contribution >= 4 is 22.6 Å². The van der Waals surface area contributed by atoms with E-state index in [-0.39, 0.29) is 24.9 Å². The molecule has 0 aliphatic carbocycles. The number of amides is 2. The first kappa shape index (κ1) is 17.7. The van der Waals surface area contributed by atoms with Gasteiger partial charge in [-0.25, -0.2) is 4.79 Å². The summed E-state index contributed by atoms with van der Waals surface area (Å²) in [6, 6.07) is 10.8. The Labute approximate surface area is 159 Å². The molecule has 7 nitrogen and oxygen atoms in total. The third-order valence-corrected chi connectivity index (χ3v) is 4.80. The maximum Gasteiger partial charge on any atom is 0.328 e. The van der Waals surface area contributed by atoms with Crippen molar-refractivity contribution in [2.45, 2.75) is 13.5 Å². The highest BCUT2D eigenvalue weighted by molar-refractivity contribution is 6.25. The summed E-state index contributed by atoms with van der Waals surface area (Å²) in [7, 11) is 0. The van der Waals surface area contributed by atoms with Gasteiger partial charge in [0.25, 0.3) is 17.4 Å². The van der Waals surface area contributed by atoms with Gasteiger partial charge in [0.1, 0.15) is 0 Å². The number of hydrogen-bond donors (Lipinski definition) is 1. The summed E-state index contributed by atoms with van der Waals surface area (Å²) in [5, 5.41) is 1.55. The van der Waals surface area contributed by atoms with Crippen LogP contribution in [0.3, 0.4) is 0 Å². The lowest BCUT2D eigenvalue weighted by atomic mass is 9.94. The number of benzene rings is 2. The van der Waals surface area contributed by atoms with Crippen molar-refractivity contribution in [2.75, 3.05) is 6.54 Å². The van der Waals surface area contributed by atoms with Gasteiger partial charge in [0.15, 0.2) is 0 Å². The average Bonchev–Trinajstić information content (AvgIpc) is 2.69. The number of aryl methyl sites for hydroxylation is 1. The third kappa shape index (κ3) is 2.87. The van der Waals surface area contributed by atoms with Gasteiger partial charge in [0.05, 0.1) is 0 Å². The van der Waals surface area contributed by atoms with E-state index in [4.69, 9.17) is 0 Å². The first-order chi connectivity index (χ1) is 13.5. The van der Waals surface area contributed by atoms with Crippen LogP contribution in [-0.4, -0.2) is 32.8 Å². The molecule has 0 unspecified atom stereocenters. The lowest BCUT2D eigenvalue weighted by molar-refractivity contribution is 0.0628. The fourth-order valence-corrected chi connectivity index (χ4v) is 3.37. The number of H-pyrrole nitrogens is 1. The molecule has 7 heteroatoms. The van der Waals surface area contributed by atoms with Crippen molar-refractivity contribution in [1.82, 2.24) is 14.5 Å². The van der Waals surface area contributed by atoms with Crippen LogP contribution in [0.5, 0.6) is 0 Å². The van der Waals surface area contributed by atoms with Crippen LogP contribution in [0, 0.1) is 6.92 Å². The zero-order chi connectivity index (χ0) is 19.8. The Morgan fingerprint density at radius 3 is 2.14 bits per heavy atom. The fraction of sp³-hybridized carbons (Fsp3) is 0.143. The largest absolute Gasteiger partial charge is 0.328 e. The molecular formula is C21H17N3O4. The van der Waals surface area contributed by atoms with E-state index in [1.165, 1.54) is 15.7 Å². The number of carbonyl (C=O) groups is 2. The third-order valence-electron chi connectivity index (χ3n) is 4.80. The minimum atomic E-state index is -0.508. The quantitative estimate of drug-likeness (QED) is 0.556. The van der Waals surface area contributed by atoms with E-state index in [9.17, 15) is 19.2 Å². The van der Waals surface area contributed by atoms with E-state index in [0.717, 1.165) is 5.39 Å². The van der Waals surface area contributed by atoms with Crippen LogP contribution in [0.2, 0.25) is 0 Å². The molecule has 0 radical (unpaired) electrons. The second-order valence-electron chi connectivity index (χ2n) is 6.63. The van der Waals surface area contributed by atoms with E-state index >= 15 is 0 Å². The lowest BCUT2D eigenvalue weighted by Gasteiger charge is -2.26. The first-order valence-corrected chi connectivity index (χ1v) is 8.80. The van der Waals surface area contributed by atoms with Gasteiger partial charge in [-0.2, -0.15) is 0 Å². The molecule has 2 heterocycles. The Bertz CT molecular complexity index is 1220. The molecule has 0 saturated carbocycles. The molecule has 0 saturated heterocycles. The van der Waals surface area contributed by atoms with Crippen molar-refractivity contribution in [3.63, 3.8) is 0 Å². The van der Waals surface area contributed by atoms with Crippen LogP contribution in [0.25, 0.3) is 10.8 Å². The second-order valence-corrected chi connectivity index (χ2v) is 6.63. The number of aromatic nitrogens is 2. The van der Waals surface area contributed by atoms with Gasteiger partial charge in [-0.3, -0.25) is 28.8 Å². The highest BCUT2D eigenvalue weighted by Crippen LogP contribution is 2.29. The molecule has 0 bridgehead atoms. The van der Waals surface area contributed by atoms with Crippen molar-refractivity contribution in [2.24, 2.45) is 0 Å². The molecule has 0 spiro atoms. The molecule has 1 aliphatic heterocycles. The van der Waals surface area contributed by atoms with E-state index in [0.29, 0.717) is 22.1 Å². The van der Waals surface area contributed by atoms with Gasteiger partial charge in [0.2, 0.25) is 0 Å². The Hall–Kier alpha value is -3.74. The molecular weight excluding hydrogens is 358 g/mol. The summed E-state index contributed by atoms with van der Waals surface area (Å²) < 4.78 is 1.35. The highest BCUT2D eigenvalue weighted by atomic mass is 16.2. The van der Waals surface area contributed by atoms with Crippen molar-refractivity contribution in [1.29, 1.82) is 0 Å². The molecule has 3 aromatic rings. The molecule has 4 rings (SSSR count). The van der Waals surface area contributed by atoms with Crippen LogP contribution >= 0.6 is 0 Å². The molecule has 28 heavy (non-hydrogen) atoms. The van der Waals surface area contributed by atoms with Crippen molar-refractivity contribution < 1.29 is 9.59 Å². The molecule has 1 aliphatic rings. The average molecular weight is 375 g/mol. The summed E-state index contributed by atoms with van der Waals surface area (Å²) in [6.07, 6.45) is 4.82. The van der Waals surface area contributed by atoms with Crippen LogP contribution in [-0.2, 0) is 6.54 Å². The first-order valence-electron chi connectivity index (χ1n) is 8.80. The molecule has 0 fully saturated rings. The van der Waals surface area contributed by atoms with Crippen LogP contribution in [0.15, 0.2) is 64.3 Å². The molecule has 1 N–H and O–H groups in total. The summed E-state index contributed by atoms with van der Waals surface area (Å²) in [5.74, 6) is -0.674. The smallest absolute Gasteiger partial charge is 0.297 e. The molecule has 140 valence electrons. The van der Waals surface area contributed by atoms with Gasteiger partial charge in [0, 0.05) is 41.4 Å². The predicted molar refractivity (Wildman–Crippen MR) is 105 cm³/mol. The Balaban J connectivity index is 1.56. The maximum absolute atomic E-state index is 12.8. The van der Waals surface area contributed by atoms with Crippen molar-refractivity contribution in [3.8, 4) is 0 Å². The predicted octanol–water partition coefficient (Wildman–Crippen LogP) is 1.85. The van der Waals surface area contributed by atoms with Gasteiger partial charge >= 0.3 is 5.69 Å². The SMILES string of the molecule is Cc1cn(C/C=C/CN2C(=O)c3cccc4cccc(c34)C2=O)c(=O)[nH]c1=O. The number of rotatable bonds is 4. The standard InChI is InChI=1S/C21H17N3O4/c1-13-12-23(21(28)22-18(13)25)10-2-3-11-24-19(26)15-8-4-6-14-7-5-9-16(17(14)15)20(24)27/h2-9,12H,10-11H2,1H3,(H,22,25,28)/b3-2+. The van der Waals surface area contributed by atoms with E-state index in [1.807, 2.05) is 12.1 Å². The number of nitrogens with one attached hydrogen (secondary N) is 1. The molecule has 0 atom stereocenters. The lowest BCUT2D eigenvalue weighted by Crippen LogP contribution is -2.40. The number of carbonyl (C=O) groups excluding carboxylic acids is 2. The minimum absolute atomic E-state index is 0.0967. The maximum atomic E-state index is 12.8. The molecule has 1 aromatic heterocycles. The fourth-order valence-electron chi connectivity index (χ4n) is 3.37. The summed E-state index contributed by atoms with van der Waals surface area (Å²) in [4.78, 5) is 52.2. The Morgan fingerprint density at radius 1 is 0.893 bits per heavy atom. The summed E-state index contributed by atoms with van der Waals surface area (Å²) in [5.41, 5.74) is 0.523. The molecule has 2 aromatic carbocycles. The van der Waals surface area contributed by atoms with E-state index in [2.05, 4.69) is 4.98 Å². The minimum Gasteiger partial charge on any atom is -0.297 e. The van der Waals surface area contributed by atoms with Gasteiger partial charge < -0.3 is 0 Å². The number of aromatic amines is 1. The zero-order valence-electron chi connectivity index (χ0n) is 15.1. The number of hydrogen-bond acceptors (Lipinski definition) is 4. The Morgan fingerprint density at radius 2 is 1.50 bits per heavy atom. The number of allylic oxidation sites excluding steroid dienone is 1. The topological polar surface area (TPSA) is 92.2 Å². The normalized spacial score (nSPS) is 13.7. The van der Waals surface area contributed by atoms with E-state index in [1.54, 1.807) is 43.3 Å². The highest BCUT2D eigenvalue weighted by Gasteiger charge is 2.31. The molecule has 2 amide bonds. The summed E-state index contributed by atoms with van der Waals surface area (Å²) in [6.45, 7) is 1.93. The van der Waals surface area contributed by atoms with Crippen LogP contribution in [0.4, 0.5) is 0 Å². The van der Waals surface area contributed by atoms with E-state index < -0.39 is 11.2 Å². The van der Waals surface area contributed by atoms with Crippen molar-refractivity contribution in [3.05, 3.63) is 92.3 Å².